The Bertz CT molecular complexity index is 1010. The molecule has 0 atom stereocenters. The third-order valence-electron chi connectivity index (χ3n) is 5.01. The Hall–Kier alpha value is -2.72. The number of unbranched alkanes of at least 4 members (excludes halogenated alkanes) is 1. The number of hydrogen-bond acceptors (Lipinski definition) is 2. The summed E-state index contributed by atoms with van der Waals surface area (Å²) in [5.74, 6) is -0.298. The highest BCUT2D eigenvalue weighted by Gasteiger charge is 2.24. The molecule has 28 heavy (non-hydrogen) atoms. The van der Waals surface area contributed by atoms with Crippen molar-refractivity contribution < 1.29 is 9.90 Å². The molecule has 0 aliphatic rings. The van der Waals surface area contributed by atoms with Gasteiger partial charge in [-0.05, 0) is 55.2 Å². The summed E-state index contributed by atoms with van der Waals surface area (Å²) in [6, 6.07) is 14.7. The average Bonchev–Trinajstić information content (AvgIpc) is 2.92. The van der Waals surface area contributed by atoms with Crippen molar-refractivity contribution in [3.63, 3.8) is 0 Å². The minimum absolute atomic E-state index is 0.162. The standard InChI is InChI=1S/C23H25ClN2O2/c1-3-4-11-20-22(17-8-6-10-19(27)13-17)21(23(25)28)15(2)26(20)14-16-7-5-9-18(24)12-16/h5-10,12-13,27H,3-4,11,14H2,1-2H3,(H2,25,28). The molecule has 0 saturated heterocycles. The largest absolute Gasteiger partial charge is 0.508 e. The number of phenols is 1. The Labute approximate surface area is 170 Å². The van der Waals surface area contributed by atoms with Gasteiger partial charge in [0.1, 0.15) is 5.75 Å². The maximum atomic E-state index is 12.4. The van der Waals surface area contributed by atoms with E-state index in [2.05, 4.69) is 11.5 Å². The Kier molecular flexibility index (Phi) is 6.10. The first kappa shape index (κ1) is 20.0. The third-order valence-corrected chi connectivity index (χ3v) is 5.24. The number of rotatable bonds is 7. The van der Waals surface area contributed by atoms with Gasteiger partial charge in [-0.25, -0.2) is 0 Å². The SMILES string of the molecule is CCCCc1c(-c2cccc(O)c2)c(C(N)=O)c(C)n1Cc1cccc(Cl)c1. The van der Waals surface area contributed by atoms with E-state index < -0.39 is 5.91 Å². The molecule has 1 amide bonds. The number of hydrogen-bond donors (Lipinski definition) is 2. The van der Waals surface area contributed by atoms with Crippen LogP contribution in [0.25, 0.3) is 11.1 Å². The zero-order valence-electron chi connectivity index (χ0n) is 16.2. The molecule has 3 aromatic rings. The quantitative estimate of drug-likeness (QED) is 0.568. The third kappa shape index (κ3) is 4.07. The van der Waals surface area contributed by atoms with Crippen molar-refractivity contribution in [2.24, 2.45) is 5.73 Å². The van der Waals surface area contributed by atoms with Crippen molar-refractivity contribution in [1.82, 2.24) is 4.57 Å². The minimum Gasteiger partial charge on any atom is -0.508 e. The lowest BCUT2D eigenvalue weighted by Gasteiger charge is -2.14. The van der Waals surface area contributed by atoms with Crippen LogP contribution in [0, 0.1) is 6.92 Å². The van der Waals surface area contributed by atoms with Crippen LogP contribution in [0.4, 0.5) is 0 Å². The molecule has 5 heteroatoms. The summed E-state index contributed by atoms with van der Waals surface area (Å²) in [6.07, 6.45) is 2.84. The predicted molar refractivity (Wildman–Crippen MR) is 114 cm³/mol. The first-order chi connectivity index (χ1) is 13.4. The van der Waals surface area contributed by atoms with Gasteiger partial charge in [0.25, 0.3) is 5.91 Å². The van der Waals surface area contributed by atoms with Crippen LogP contribution in [0.15, 0.2) is 48.5 Å². The smallest absolute Gasteiger partial charge is 0.251 e. The van der Waals surface area contributed by atoms with E-state index in [1.807, 2.05) is 37.3 Å². The number of amides is 1. The maximum Gasteiger partial charge on any atom is 0.251 e. The van der Waals surface area contributed by atoms with Gasteiger partial charge in [0, 0.05) is 28.5 Å². The molecule has 4 nitrogen and oxygen atoms in total. The zero-order chi connectivity index (χ0) is 20.3. The lowest BCUT2D eigenvalue weighted by molar-refractivity contribution is 0.1000. The summed E-state index contributed by atoms with van der Waals surface area (Å²) in [6.45, 7) is 4.66. The lowest BCUT2D eigenvalue weighted by atomic mass is 9.97. The fourth-order valence-corrected chi connectivity index (χ4v) is 3.92. The number of primary amides is 1. The number of benzene rings is 2. The summed E-state index contributed by atoms with van der Waals surface area (Å²) in [5, 5.41) is 10.7. The van der Waals surface area contributed by atoms with Crippen molar-refractivity contribution in [2.45, 2.75) is 39.7 Å². The molecule has 0 aliphatic carbocycles. The second-order valence-electron chi connectivity index (χ2n) is 7.02. The monoisotopic (exact) mass is 396 g/mol. The van der Waals surface area contributed by atoms with Gasteiger partial charge >= 0.3 is 0 Å². The van der Waals surface area contributed by atoms with Crippen LogP contribution in [-0.4, -0.2) is 15.6 Å². The number of carbonyl (C=O) groups is 1. The lowest BCUT2D eigenvalue weighted by Crippen LogP contribution is -2.13. The van der Waals surface area contributed by atoms with Crippen LogP contribution in [-0.2, 0) is 13.0 Å². The van der Waals surface area contributed by atoms with Crippen LogP contribution in [0.5, 0.6) is 5.75 Å². The number of nitrogens with two attached hydrogens (primary N) is 1. The predicted octanol–water partition coefficient (Wildman–Crippen LogP) is 5.31. The van der Waals surface area contributed by atoms with E-state index in [-0.39, 0.29) is 5.75 Å². The molecule has 0 bridgehead atoms. The molecular weight excluding hydrogens is 372 g/mol. The molecule has 3 rings (SSSR count). The molecule has 0 spiro atoms. The summed E-state index contributed by atoms with van der Waals surface area (Å²) in [5.41, 5.74) is 10.9. The highest BCUT2D eigenvalue weighted by Crippen LogP contribution is 2.35. The second kappa shape index (κ2) is 8.53. The fraction of sp³-hybridized carbons (Fsp3) is 0.261. The molecule has 1 heterocycles. The highest BCUT2D eigenvalue weighted by molar-refractivity contribution is 6.30. The number of phenolic OH excluding ortho intramolecular Hbond substituents is 1. The number of halogens is 1. The van der Waals surface area contributed by atoms with Gasteiger partial charge in [0.05, 0.1) is 5.56 Å². The van der Waals surface area contributed by atoms with Crippen LogP contribution in [0.3, 0.4) is 0 Å². The van der Waals surface area contributed by atoms with Gasteiger partial charge in [-0.2, -0.15) is 0 Å². The molecule has 0 fully saturated rings. The van der Waals surface area contributed by atoms with Gasteiger partial charge in [0.2, 0.25) is 0 Å². The molecule has 1 aromatic heterocycles. The van der Waals surface area contributed by atoms with Gasteiger partial charge in [-0.15, -0.1) is 0 Å². The van der Waals surface area contributed by atoms with E-state index in [1.165, 1.54) is 0 Å². The molecule has 146 valence electrons. The van der Waals surface area contributed by atoms with Crippen molar-refractivity contribution >= 4 is 17.5 Å². The van der Waals surface area contributed by atoms with E-state index in [4.69, 9.17) is 17.3 Å². The van der Waals surface area contributed by atoms with Crippen LogP contribution in [0.2, 0.25) is 5.02 Å². The van der Waals surface area contributed by atoms with Crippen LogP contribution in [0.1, 0.15) is 47.1 Å². The van der Waals surface area contributed by atoms with E-state index in [0.29, 0.717) is 17.1 Å². The second-order valence-corrected chi connectivity index (χ2v) is 7.45. The first-order valence-electron chi connectivity index (χ1n) is 9.48. The van der Waals surface area contributed by atoms with Gasteiger partial charge in [0.15, 0.2) is 0 Å². The Morgan fingerprint density at radius 2 is 1.93 bits per heavy atom. The molecule has 0 aliphatic heterocycles. The minimum atomic E-state index is -0.460. The molecule has 0 unspecified atom stereocenters. The summed E-state index contributed by atoms with van der Waals surface area (Å²) < 4.78 is 2.15. The van der Waals surface area contributed by atoms with Gasteiger partial charge < -0.3 is 15.4 Å². The Morgan fingerprint density at radius 1 is 1.18 bits per heavy atom. The molecule has 0 radical (unpaired) electrons. The van der Waals surface area contributed by atoms with E-state index in [1.54, 1.807) is 18.2 Å². The Balaban J connectivity index is 2.23. The zero-order valence-corrected chi connectivity index (χ0v) is 17.0. The fourth-order valence-electron chi connectivity index (χ4n) is 3.71. The number of carbonyl (C=O) groups excluding carboxylic acids is 1. The highest BCUT2D eigenvalue weighted by atomic mass is 35.5. The molecular formula is C23H25ClN2O2. The van der Waals surface area contributed by atoms with Crippen molar-refractivity contribution in [2.75, 3.05) is 0 Å². The van der Waals surface area contributed by atoms with Crippen LogP contribution >= 0.6 is 11.6 Å². The van der Waals surface area contributed by atoms with E-state index in [9.17, 15) is 9.90 Å². The number of aromatic hydroxyl groups is 1. The maximum absolute atomic E-state index is 12.4. The van der Waals surface area contributed by atoms with Gasteiger partial charge in [-0.1, -0.05) is 49.2 Å². The summed E-state index contributed by atoms with van der Waals surface area (Å²) in [7, 11) is 0. The molecule has 2 aromatic carbocycles. The number of nitrogens with zero attached hydrogens (tertiary/aromatic N) is 1. The Morgan fingerprint density at radius 3 is 2.57 bits per heavy atom. The molecule has 3 N–H and O–H groups in total. The first-order valence-corrected chi connectivity index (χ1v) is 9.85. The van der Waals surface area contributed by atoms with Crippen molar-refractivity contribution in [3.8, 4) is 16.9 Å². The summed E-state index contributed by atoms with van der Waals surface area (Å²) >= 11 is 6.16. The van der Waals surface area contributed by atoms with Crippen molar-refractivity contribution in [1.29, 1.82) is 0 Å². The van der Waals surface area contributed by atoms with Gasteiger partial charge in [-0.3, -0.25) is 4.79 Å². The van der Waals surface area contributed by atoms with E-state index >= 15 is 0 Å². The van der Waals surface area contributed by atoms with Crippen molar-refractivity contribution in [3.05, 3.63) is 76.1 Å². The molecule has 0 saturated carbocycles. The number of aromatic nitrogens is 1. The van der Waals surface area contributed by atoms with E-state index in [0.717, 1.165) is 47.3 Å². The van der Waals surface area contributed by atoms with Crippen LogP contribution < -0.4 is 5.73 Å². The average molecular weight is 397 g/mol. The normalized spacial score (nSPS) is 11.0. The summed E-state index contributed by atoms with van der Waals surface area (Å²) in [4.78, 5) is 12.4. The topological polar surface area (TPSA) is 68.2 Å².